The van der Waals surface area contributed by atoms with Gasteiger partial charge >= 0.3 is 6.03 Å². The molecule has 0 unspecified atom stereocenters. The lowest BCUT2D eigenvalue weighted by atomic mass is 10.2. The molecule has 0 N–H and O–H groups in total. The van der Waals surface area contributed by atoms with Gasteiger partial charge in [0.25, 0.3) is 5.91 Å². The fourth-order valence-electron chi connectivity index (χ4n) is 1.64. The highest BCUT2D eigenvalue weighted by Crippen LogP contribution is 2.04. The molecule has 0 aliphatic carbocycles. The Morgan fingerprint density at radius 1 is 1.24 bits per heavy atom. The van der Waals surface area contributed by atoms with Gasteiger partial charge in [0.15, 0.2) is 0 Å². The molecule has 3 amide bonds. The summed E-state index contributed by atoms with van der Waals surface area (Å²) in [6.07, 6.45) is 3.33. The summed E-state index contributed by atoms with van der Waals surface area (Å²) in [5.74, 6) is -0.577. The van der Waals surface area contributed by atoms with Crippen LogP contribution in [0.3, 0.4) is 0 Å². The van der Waals surface area contributed by atoms with E-state index in [0.717, 1.165) is 15.5 Å². The number of hydroxylamine groups is 2. The predicted octanol–water partition coefficient (Wildman–Crippen LogP) is 1.73. The van der Waals surface area contributed by atoms with E-state index in [-0.39, 0.29) is 13.1 Å². The van der Waals surface area contributed by atoms with Crippen LogP contribution in [0.1, 0.15) is 12.5 Å². The van der Waals surface area contributed by atoms with Crippen molar-refractivity contribution in [3.8, 4) is 0 Å². The van der Waals surface area contributed by atoms with E-state index in [4.69, 9.17) is 4.84 Å². The third-order valence-corrected chi connectivity index (χ3v) is 2.69. The molecule has 0 bridgehead atoms. The third-order valence-electron chi connectivity index (χ3n) is 2.69. The summed E-state index contributed by atoms with van der Waals surface area (Å²) in [6.45, 7) is 1.64. The van der Waals surface area contributed by atoms with Crippen molar-refractivity contribution in [2.24, 2.45) is 0 Å². The topological polar surface area (TPSA) is 66.9 Å². The summed E-state index contributed by atoms with van der Waals surface area (Å²) >= 11 is 0. The Balaban J connectivity index is 2.85. The Hall–Kier alpha value is -2.47. The smallest absolute Gasteiger partial charge is 0.301 e. The van der Waals surface area contributed by atoms with Crippen molar-refractivity contribution in [2.45, 2.75) is 6.92 Å². The number of nitrogens with zero attached hydrogens (tertiary/aromatic N) is 2. The van der Waals surface area contributed by atoms with Crippen molar-refractivity contribution >= 4 is 24.3 Å². The monoisotopic (exact) mass is 290 g/mol. The van der Waals surface area contributed by atoms with Crippen LogP contribution in [0.5, 0.6) is 0 Å². The van der Waals surface area contributed by atoms with Gasteiger partial charge in [-0.25, -0.2) is 9.86 Å². The van der Waals surface area contributed by atoms with Crippen LogP contribution in [0.2, 0.25) is 0 Å². The number of carbonyl (C=O) groups excluding carboxylic acids is 3. The van der Waals surface area contributed by atoms with Crippen LogP contribution in [0.4, 0.5) is 4.79 Å². The van der Waals surface area contributed by atoms with Crippen LogP contribution in [0.15, 0.2) is 36.4 Å². The highest BCUT2D eigenvalue weighted by atomic mass is 16.7. The molecule has 0 saturated carbocycles. The van der Waals surface area contributed by atoms with E-state index in [9.17, 15) is 14.4 Å². The number of aldehydes is 1. The molecule has 21 heavy (non-hydrogen) atoms. The Bertz CT molecular complexity index is 510. The minimum absolute atomic E-state index is 0.264. The number of imide groups is 1. The van der Waals surface area contributed by atoms with Crippen molar-refractivity contribution in [3.05, 3.63) is 42.0 Å². The molecule has 0 aromatic heterocycles. The van der Waals surface area contributed by atoms with E-state index in [1.54, 1.807) is 13.0 Å². The highest BCUT2D eigenvalue weighted by molar-refractivity contribution is 6.03. The fraction of sp³-hybridized carbons (Fsp3) is 0.267. The number of hydrogen-bond donors (Lipinski definition) is 0. The molecular weight excluding hydrogens is 272 g/mol. The third kappa shape index (κ3) is 4.85. The van der Waals surface area contributed by atoms with Crippen LogP contribution in [0, 0.1) is 0 Å². The number of carbonyl (C=O) groups is 3. The lowest BCUT2D eigenvalue weighted by molar-refractivity contribution is -0.132. The van der Waals surface area contributed by atoms with Gasteiger partial charge in [0.1, 0.15) is 6.29 Å². The SMILES string of the molecule is CCN(OC)C(=O)N(CC=O)C(=O)/C=C/c1ccccc1. The molecule has 0 radical (unpaired) electrons. The first kappa shape index (κ1) is 16.6. The van der Waals surface area contributed by atoms with Gasteiger partial charge in [-0.1, -0.05) is 30.3 Å². The number of amides is 3. The second kappa shape index (κ2) is 8.65. The Kier molecular flexibility index (Phi) is 6.83. The van der Waals surface area contributed by atoms with Crippen molar-refractivity contribution in [1.82, 2.24) is 9.96 Å². The van der Waals surface area contributed by atoms with Crippen molar-refractivity contribution in [2.75, 3.05) is 20.2 Å². The molecular formula is C15H18N2O4. The number of benzene rings is 1. The average Bonchev–Trinajstić information content (AvgIpc) is 2.52. The highest BCUT2D eigenvalue weighted by Gasteiger charge is 2.24. The molecule has 0 aliphatic rings. The summed E-state index contributed by atoms with van der Waals surface area (Å²) in [5.41, 5.74) is 0.823. The zero-order valence-corrected chi connectivity index (χ0v) is 12.1. The molecule has 0 atom stereocenters. The lowest BCUT2D eigenvalue weighted by Gasteiger charge is -2.24. The molecule has 0 saturated heterocycles. The fourth-order valence-corrected chi connectivity index (χ4v) is 1.64. The van der Waals surface area contributed by atoms with E-state index < -0.39 is 11.9 Å². The summed E-state index contributed by atoms with van der Waals surface area (Å²) < 4.78 is 0. The van der Waals surface area contributed by atoms with Gasteiger partial charge in [0, 0.05) is 12.6 Å². The molecule has 1 aromatic carbocycles. The van der Waals surface area contributed by atoms with Crippen molar-refractivity contribution < 1.29 is 19.2 Å². The first-order chi connectivity index (χ1) is 10.1. The number of rotatable bonds is 6. The minimum Gasteiger partial charge on any atom is -0.301 e. The number of urea groups is 1. The van der Waals surface area contributed by atoms with Gasteiger partial charge in [0.05, 0.1) is 13.7 Å². The van der Waals surface area contributed by atoms with Gasteiger partial charge in [0.2, 0.25) is 0 Å². The van der Waals surface area contributed by atoms with Gasteiger partial charge < -0.3 is 4.79 Å². The van der Waals surface area contributed by atoms with Gasteiger partial charge in [-0.05, 0) is 18.6 Å². The minimum atomic E-state index is -0.671. The first-order valence-electron chi connectivity index (χ1n) is 6.47. The van der Waals surface area contributed by atoms with E-state index in [0.29, 0.717) is 6.29 Å². The molecule has 1 rings (SSSR count). The van der Waals surface area contributed by atoms with Crippen molar-refractivity contribution in [1.29, 1.82) is 0 Å². The quantitative estimate of drug-likeness (QED) is 0.454. The standard InChI is InChI=1S/C15H18N2O4/c1-3-17(21-2)15(20)16(11-12-18)14(19)10-9-13-7-5-4-6-8-13/h4-10,12H,3,11H2,1-2H3/b10-9+. The summed E-state index contributed by atoms with van der Waals surface area (Å²) in [7, 11) is 1.32. The van der Waals surface area contributed by atoms with Crippen LogP contribution in [-0.4, -0.2) is 48.4 Å². The maximum absolute atomic E-state index is 12.1. The summed E-state index contributed by atoms with van der Waals surface area (Å²) in [6, 6.07) is 8.51. The number of hydrogen-bond acceptors (Lipinski definition) is 4. The second-order valence-corrected chi connectivity index (χ2v) is 4.02. The molecule has 6 nitrogen and oxygen atoms in total. The molecule has 0 heterocycles. The Morgan fingerprint density at radius 3 is 2.43 bits per heavy atom. The van der Waals surface area contributed by atoms with Gasteiger partial charge in [-0.3, -0.25) is 14.5 Å². The first-order valence-corrected chi connectivity index (χ1v) is 6.47. The summed E-state index contributed by atoms with van der Waals surface area (Å²) in [4.78, 5) is 40.5. The van der Waals surface area contributed by atoms with E-state index in [1.807, 2.05) is 30.3 Å². The second-order valence-electron chi connectivity index (χ2n) is 4.02. The normalized spacial score (nSPS) is 10.4. The molecule has 1 aromatic rings. The van der Waals surface area contributed by atoms with Gasteiger partial charge in [-0.2, -0.15) is 0 Å². The van der Waals surface area contributed by atoms with E-state index >= 15 is 0 Å². The molecule has 0 spiro atoms. The average molecular weight is 290 g/mol. The Morgan fingerprint density at radius 2 is 1.90 bits per heavy atom. The molecule has 0 fully saturated rings. The largest absolute Gasteiger partial charge is 0.351 e. The van der Waals surface area contributed by atoms with Gasteiger partial charge in [-0.15, -0.1) is 0 Å². The van der Waals surface area contributed by atoms with E-state index in [2.05, 4.69) is 0 Å². The van der Waals surface area contributed by atoms with Crippen LogP contribution in [0.25, 0.3) is 6.08 Å². The summed E-state index contributed by atoms with van der Waals surface area (Å²) in [5, 5.41) is 0.998. The van der Waals surface area contributed by atoms with Crippen LogP contribution < -0.4 is 0 Å². The zero-order chi connectivity index (χ0) is 15.7. The lowest BCUT2D eigenvalue weighted by Crippen LogP contribution is -2.46. The maximum Gasteiger partial charge on any atom is 0.351 e. The predicted molar refractivity (Wildman–Crippen MR) is 78.0 cm³/mol. The maximum atomic E-state index is 12.1. The molecule has 6 heteroatoms. The van der Waals surface area contributed by atoms with Crippen LogP contribution >= 0.6 is 0 Å². The zero-order valence-electron chi connectivity index (χ0n) is 12.1. The molecule has 112 valence electrons. The van der Waals surface area contributed by atoms with Crippen molar-refractivity contribution in [3.63, 3.8) is 0 Å². The van der Waals surface area contributed by atoms with E-state index in [1.165, 1.54) is 13.2 Å². The molecule has 0 aliphatic heterocycles. The van der Waals surface area contributed by atoms with Crippen LogP contribution in [-0.2, 0) is 14.4 Å². The Labute approximate surface area is 123 Å².